The van der Waals surface area contributed by atoms with Gasteiger partial charge in [0.05, 0.1) is 10.7 Å². The third-order valence-corrected chi connectivity index (χ3v) is 3.42. The van der Waals surface area contributed by atoms with Gasteiger partial charge in [-0.1, -0.05) is 11.6 Å². The zero-order chi connectivity index (χ0) is 10.7. The van der Waals surface area contributed by atoms with Crippen molar-refractivity contribution >= 4 is 11.6 Å². The third kappa shape index (κ3) is 2.95. The lowest BCUT2D eigenvalue weighted by Crippen LogP contribution is -2.30. The Bertz CT molecular complexity index is 296. The first-order valence-electron chi connectivity index (χ1n) is 5.66. The molecule has 4 heteroatoms. The molecule has 0 spiro atoms. The van der Waals surface area contributed by atoms with Crippen LogP contribution in [-0.2, 0) is 6.54 Å². The first-order valence-corrected chi connectivity index (χ1v) is 6.04. The Morgan fingerprint density at radius 1 is 1.67 bits per heavy atom. The minimum Gasteiger partial charge on any atom is -0.316 e. The zero-order valence-electron chi connectivity index (χ0n) is 9.17. The summed E-state index contributed by atoms with van der Waals surface area (Å²) >= 11 is 5.96. The van der Waals surface area contributed by atoms with Crippen molar-refractivity contribution in [1.29, 1.82) is 0 Å². The van der Waals surface area contributed by atoms with Gasteiger partial charge in [-0.05, 0) is 45.2 Å². The number of nitrogens with one attached hydrogen (secondary N) is 1. The molecule has 1 aromatic rings. The molecule has 84 valence electrons. The smallest absolute Gasteiger partial charge is 0.0814 e. The molecule has 1 N–H and O–H groups in total. The van der Waals surface area contributed by atoms with Crippen LogP contribution in [0.1, 0.15) is 25.0 Å². The Kier molecular flexibility index (Phi) is 3.65. The fourth-order valence-electron chi connectivity index (χ4n) is 2.09. The van der Waals surface area contributed by atoms with Gasteiger partial charge in [0.25, 0.3) is 0 Å². The monoisotopic (exact) mass is 227 g/mol. The summed E-state index contributed by atoms with van der Waals surface area (Å²) in [7, 11) is 0. The average Bonchev–Trinajstić information content (AvgIpc) is 2.57. The van der Waals surface area contributed by atoms with Gasteiger partial charge in [-0.2, -0.15) is 5.10 Å². The van der Waals surface area contributed by atoms with Crippen molar-refractivity contribution < 1.29 is 0 Å². The van der Waals surface area contributed by atoms with E-state index in [2.05, 4.69) is 10.4 Å². The molecule has 3 nitrogen and oxygen atoms in total. The zero-order valence-corrected chi connectivity index (χ0v) is 9.93. The average molecular weight is 228 g/mol. The molecule has 1 unspecified atom stereocenters. The highest BCUT2D eigenvalue weighted by Gasteiger charge is 2.13. The Morgan fingerprint density at radius 3 is 3.13 bits per heavy atom. The lowest BCUT2D eigenvalue weighted by Gasteiger charge is -2.22. The van der Waals surface area contributed by atoms with Gasteiger partial charge in [-0.15, -0.1) is 0 Å². The predicted octanol–water partition coefficient (Wildman–Crippen LogP) is 2.23. The van der Waals surface area contributed by atoms with Crippen LogP contribution in [0.4, 0.5) is 0 Å². The molecule has 0 aliphatic carbocycles. The summed E-state index contributed by atoms with van der Waals surface area (Å²) in [6, 6.07) is 0. The van der Waals surface area contributed by atoms with Crippen LogP contribution in [0.3, 0.4) is 0 Å². The van der Waals surface area contributed by atoms with E-state index >= 15 is 0 Å². The molecule has 2 rings (SSSR count). The maximum Gasteiger partial charge on any atom is 0.0814 e. The maximum atomic E-state index is 5.96. The van der Waals surface area contributed by atoms with Gasteiger partial charge in [-0.3, -0.25) is 4.68 Å². The molecule has 1 aromatic heterocycles. The second-order valence-electron chi connectivity index (χ2n) is 4.33. The number of halogens is 1. The Morgan fingerprint density at radius 2 is 2.53 bits per heavy atom. The van der Waals surface area contributed by atoms with Crippen molar-refractivity contribution in [3.8, 4) is 0 Å². The molecule has 1 saturated heterocycles. The predicted molar refractivity (Wildman–Crippen MR) is 62.2 cm³/mol. The highest BCUT2D eigenvalue weighted by atomic mass is 35.5. The molecule has 1 fully saturated rings. The lowest BCUT2D eigenvalue weighted by molar-refractivity contribution is 0.335. The van der Waals surface area contributed by atoms with E-state index in [1.807, 2.05) is 17.8 Å². The second kappa shape index (κ2) is 4.99. The van der Waals surface area contributed by atoms with Gasteiger partial charge < -0.3 is 5.32 Å². The molecule has 1 atom stereocenters. The number of hydrogen-bond acceptors (Lipinski definition) is 2. The van der Waals surface area contributed by atoms with E-state index in [4.69, 9.17) is 11.6 Å². The van der Waals surface area contributed by atoms with Gasteiger partial charge in [-0.25, -0.2) is 0 Å². The van der Waals surface area contributed by atoms with Crippen LogP contribution in [0.15, 0.2) is 6.20 Å². The van der Waals surface area contributed by atoms with Gasteiger partial charge in [0, 0.05) is 12.7 Å². The number of aromatic nitrogens is 2. The highest BCUT2D eigenvalue weighted by molar-refractivity contribution is 6.31. The molecule has 1 aliphatic rings. The topological polar surface area (TPSA) is 29.9 Å². The molecule has 15 heavy (non-hydrogen) atoms. The summed E-state index contributed by atoms with van der Waals surface area (Å²) < 4.78 is 1.96. The van der Waals surface area contributed by atoms with Gasteiger partial charge in [0.2, 0.25) is 0 Å². The number of rotatable bonds is 3. The number of hydrogen-bond donors (Lipinski definition) is 1. The summed E-state index contributed by atoms with van der Waals surface area (Å²) in [6.07, 6.45) is 5.78. The van der Waals surface area contributed by atoms with Crippen molar-refractivity contribution in [1.82, 2.24) is 15.1 Å². The molecule has 1 aliphatic heterocycles. The van der Waals surface area contributed by atoms with Crippen molar-refractivity contribution in [3.63, 3.8) is 0 Å². The normalized spacial score (nSPS) is 21.9. The summed E-state index contributed by atoms with van der Waals surface area (Å²) in [4.78, 5) is 0. The van der Waals surface area contributed by atoms with E-state index in [9.17, 15) is 0 Å². The fraction of sp³-hybridized carbons (Fsp3) is 0.727. The third-order valence-electron chi connectivity index (χ3n) is 3.05. The van der Waals surface area contributed by atoms with Crippen molar-refractivity contribution in [3.05, 3.63) is 16.9 Å². The Hall–Kier alpha value is -0.540. The van der Waals surface area contributed by atoms with E-state index in [0.29, 0.717) is 0 Å². The van der Waals surface area contributed by atoms with Crippen molar-refractivity contribution in [2.24, 2.45) is 5.92 Å². The van der Waals surface area contributed by atoms with Crippen LogP contribution in [0, 0.1) is 12.8 Å². The summed E-state index contributed by atoms with van der Waals surface area (Å²) in [5.41, 5.74) is 0.929. The Balaban J connectivity index is 1.81. The number of aryl methyl sites for hydroxylation is 2. The minimum absolute atomic E-state index is 0.775. The largest absolute Gasteiger partial charge is 0.316 e. The molecule has 0 aromatic carbocycles. The van der Waals surface area contributed by atoms with Crippen LogP contribution in [0.2, 0.25) is 5.02 Å². The number of piperidine rings is 1. The van der Waals surface area contributed by atoms with Crippen LogP contribution in [0.5, 0.6) is 0 Å². The molecular formula is C11H18ClN3. The maximum absolute atomic E-state index is 5.96. The fourth-order valence-corrected chi connectivity index (χ4v) is 2.24. The van der Waals surface area contributed by atoms with Crippen molar-refractivity contribution in [2.45, 2.75) is 32.7 Å². The quantitative estimate of drug-likeness (QED) is 0.859. The van der Waals surface area contributed by atoms with Crippen LogP contribution < -0.4 is 5.32 Å². The van der Waals surface area contributed by atoms with E-state index < -0.39 is 0 Å². The summed E-state index contributed by atoms with van der Waals surface area (Å²) in [5, 5.41) is 8.57. The lowest BCUT2D eigenvalue weighted by atomic mass is 9.96. The summed E-state index contributed by atoms with van der Waals surface area (Å²) in [5.74, 6) is 0.807. The first-order chi connectivity index (χ1) is 7.25. The van der Waals surface area contributed by atoms with E-state index in [1.165, 1.54) is 25.8 Å². The van der Waals surface area contributed by atoms with Crippen LogP contribution in [-0.4, -0.2) is 22.9 Å². The van der Waals surface area contributed by atoms with E-state index in [1.54, 1.807) is 0 Å². The second-order valence-corrected chi connectivity index (χ2v) is 4.73. The summed E-state index contributed by atoms with van der Waals surface area (Å²) in [6.45, 7) is 5.28. The first kappa shape index (κ1) is 11.0. The number of nitrogens with zero attached hydrogens (tertiary/aromatic N) is 2. The molecular weight excluding hydrogens is 210 g/mol. The van der Waals surface area contributed by atoms with Gasteiger partial charge in [0.15, 0.2) is 0 Å². The van der Waals surface area contributed by atoms with Crippen LogP contribution >= 0.6 is 11.6 Å². The van der Waals surface area contributed by atoms with Gasteiger partial charge >= 0.3 is 0 Å². The Labute approximate surface area is 95.8 Å². The molecule has 0 amide bonds. The SMILES string of the molecule is Cc1nn(CCC2CCCNC2)cc1Cl. The van der Waals surface area contributed by atoms with E-state index in [-0.39, 0.29) is 0 Å². The van der Waals surface area contributed by atoms with Crippen molar-refractivity contribution in [2.75, 3.05) is 13.1 Å². The van der Waals surface area contributed by atoms with Crippen LogP contribution in [0.25, 0.3) is 0 Å². The molecule has 2 heterocycles. The minimum atomic E-state index is 0.775. The van der Waals surface area contributed by atoms with E-state index in [0.717, 1.165) is 29.7 Å². The standard InChI is InChI=1S/C11H18ClN3/c1-9-11(12)8-15(14-9)6-4-10-3-2-5-13-7-10/h8,10,13H,2-7H2,1H3. The molecule has 0 radical (unpaired) electrons. The molecule has 0 bridgehead atoms. The highest BCUT2D eigenvalue weighted by Crippen LogP contribution is 2.17. The van der Waals surface area contributed by atoms with Gasteiger partial charge in [0.1, 0.15) is 0 Å². The molecule has 0 saturated carbocycles.